The molecule has 3 amide bonds. The molecule has 2 aromatic rings. The van der Waals surface area contributed by atoms with Crippen LogP contribution in [-0.4, -0.2) is 72.3 Å². The van der Waals surface area contributed by atoms with Gasteiger partial charge in [0.05, 0.1) is 23.1 Å². The molecule has 0 bridgehead atoms. The quantitative estimate of drug-likeness (QED) is 0.218. The molecule has 2 aromatic carbocycles. The summed E-state index contributed by atoms with van der Waals surface area (Å²) in [6.45, 7) is 8.32. The van der Waals surface area contributed by atoms with E-state index in [9.17, 15) is 27.9 Å². The Hall–Kier alpha value is -3.44. The van der Waals surface area contributed by atoms with Crippen LogP contribution in [0.1, 0.15) is 84.3 Å². The standard InChI is InChI=1S/C36H53N3O7S/c1-25(2)47(44,45)24-32(40)29(21-26-15-9-6-10-16-26)37-33(41)30(22-27-17-11-7-12-18-27)38-34(42)31(23-28-19-13-8-14-20-28)39-35(43)46-36(3,4)5/h7-8,11-14,17-20,25-26,29-32,40H,6,9-10,15-16,21-24H2,1-5H3,(H,37,41)(H,38,42)(H,39,43)/t29-,30-,31-,32-/m0/s1. The van der Waals surface area contributed by atoms with E-state index in [1.54, 1.807) is 34.6 Å². The smallest absolute Gasteiger partial charge is 0.408 e. The summed E-state index contributed by atoms with van der Waals surface area (Å²) in [6.07, 6.45) is 3.75. The van der Waals surface area contributed by atoms with Crippen LogP contribution in [0.4, 0.5) is 4.79 Å². The molecular formula is C36H53N3O7S. The van der Waals surface area contributed by atoms with Crippen molar-refractivity contribution in [2.24, 2.45) is 5.92 Å². The van der Waals surface area contributed by atoms with Crippen molar-refractivity contribution >= 4 is 27.7 Å². The van der Waals surface area contributed by atoms with Crippen LogP contribution in [0.15, 0.2) is 60.7 Å². The summed E-state index contributed by atoms with van der Waals surface area (Å²) in [6, 6.07) is 15.4. The van der Waals surface area contributed by atoms with Crippen LogP contribution in [0.3, 0.4) is 0 Å². The van der Waals surface area contributed by atoms with Gasteiger partial charge in [-0.05, 0) is 58.1 Å². The van der Waals surface area contributed by atoms with Gasteiger partial charge in [-0.1, -0.05) is 92.8 Å². The molecule has 1 aliphatic rings. The number of alkyl carbamates (subject to hydrolysis) is 1. The third-order valence-corrected chi connectivity index (χ3v) is 10.7. The number of rotatable bonds is 15. The first-order valence-corrected chi connectivity index (χ1v) is 18.4. The summed E-state index contributed by atoms with van der Waals surface area (Å²) >= 11 is 0. The van der Waals surface area contributed by atoms with Gasteiger partial charge in [0.15, 0.2) is 9.84 Å². The number of carbonyl (C=O) groups excluding carboxylic acids is 3. The molecule has 0 heterocycles. The first kappa shape index (κ1) is 38.0. The van der Waals surface area contributed by atoms with E-state index in [-0.39, 0.29) is 18.8 Å². The Balaban J connectivity index is 1.88. The predicted molar refractivity (Wildman–Crippen MR) is 183 cm³/mol. The Morgan fingerprint density at radius 3 is 1.79 bits per heavy atom. The molecule has 11 heteroatoms. The van der Waals surface area contributed by atoms with E-state index in [0.717, 1.165) is 43.2 Å². The van der Waals surface area contributed by atoms with Crippen LogP contribution in [0.2, 0.25) is 0 Å². The molecule has 1 aliphatic carbocycles. The lowest BCUT2D eigenvalue weighted by Crippen LogP contribution is -2.58. The first-order valence-electron chi connectivity index (χ1n) is 16.7. The van der Waals surface area contributed by atoms with E-state index in [1.807, 2.05) is 60.7 Å². The largest absolute Gasteiger partial charge is 0.444 e. The fraction of sp³-hybridized carbons (Fsp3) is 0.583. The topological polar surface area (TPSA) is 151 Å². The van der Waals surface area contributed by atoms with Gasteiger partial charge in [-0.25, -0.2) is 13.2 Å². The number of amides is 3. The van der Waals surface area contributed by atoms with Gasteiger partial charge < -0.3 is 25.8 Å². The fourth-order valence-corrected chi connectivity index (χ4v) is 6.86. The second kappa shape index (κ2) is 17.6. The van der Waals surface area contributed by atoms with Crippen molar-refractivity contribution < 1.29 is 32.6 Å². The van der Waals surface area contributed by atoms with Gasteiger partial charge in [-0.2, -0.15) is 0 Å². The van der Waals surface area contributed by atoms with Crippen LogP contribution in [0.5, 0.6) is 0 Å². The van der Waals surface area contributed by atoms with Crippen molar-refractivity contribution in [1.29, 1.82) is 0 Å². The molecule has 0 saturated heterocycles. The summed E-state index contributed by atoms with van der Waals surface area (Å²) in [5.74, 6) is -1.36. The van der Waals surface area contributed by atoms with Crippen LogP contribution < -0.4 is 16.0 Å². The van der Waals surface area contributed by atoms with E-state index < -0.39 is 68.6 Å². The van der Waals surface area contributed by atoms with Crippen molar-refractivity contribution in [2.45, 2.75) is 121 Å². The lowest BCUT2D eigenvalue weighted by Gasteiger charge is -2.32. The lowest BCUT2D eigenvalue weighted by molar-refractivity contribution is -0.130. The summed E-state index contributed by atoms with van der Waals surface area (Å²) in [5.41, 5.74) is 0.805. The average molecular weight is 672 g/mol. The molecule has 4 atom stereocenters. The Labute approximate surface area is 280 Å². The zero-order valence-corrected chi connectivity index (χ0v) is 29.2. The second-order valence-electron chi connectivity index (χ2n) is 13.9. The Kier molecular flexibility index (Phi) is 14.3. The molecule has 47 heavy (non-hydrogen) atoms. The number of nitrogens with one attached hydrogen (secondary N) is 3. The zero-order chi connectivity index (χ0) is 34.6. The minimum atomic E-state index is -3.60. The number of hydrogen-bond acceptors (Lipinski definition) is 7. The van der Waals surface area contributed by atoms with Gasteiger partial charge in [-0.15, -0.1) is 0 Å². The molecule has 3 rings (SSSR count). The van der Waals surface area contributed by atoms with E-state index in [4.69, 9.17) is 4.74 Å². The number of ether oxygens (including phenoxy) is 1. The van der Waals surface area contributed by atoms with Crippen molar-refractivity contribution in [3.63, 3.8) is 0 Å². The molecule has 0 aliphatic heterocycles. The summed E-state index contributed by atoms with van der Waals surface area (Å²) in [7, 11) is -3.60. The zero-order valence-electron chi connectivity index (χ0n) is 28.4. The number of sulfone groups is 1. The average Bonchev–Trinajstić information content (AvgIpc) is 3.00. The molecule has 0 radical (unpaired) electrons. The maximum atomic E-state index is 14.0. The van der Waals surface area contributed by atoms with Gasteiger partial charge in [0, 0.05) is 12.8 Å². The Morgan fingerprint density at radius 1 is 0.809 bits per heavy atom. The molecule has 4 N–H and O–H groups in total. The molecule has 10 nitrogen and oxygen atoms in total. The third-order valence-electron chi connectivity index (χ3n) is 8.43. The first-order chi connectivity index (χ1) is 22.1. The van der Waals surface area contributed by atoms with Gasteiger partial charge in [0.25, 0.3) is 0 Å². The number of aliphatic hydroxyl groups is 1. The fourth-order valence-electron chi connectivity index (χ4n) is 5.76. The van der Waals surface area contributed by atoms with Crippen LogP contribution in [-0.2, 0) is 37.0 Å². The molecule has 0 aromatic heterocycles. The van der Waals surface area contributed by atoms with Gasteiger partial charge in [0.1, 0.15) is 17.7 Å². The minimum absolute atomic E-state index is 0.138. The highest BCUT2D eigenvalue weighted by molar-refractivity contribution is 7.92. The number of aliphatic hydroxyl groups excluding tert-OH is 1. The normalized spacial score (nSPS) is 16.8. The summed E-state index contributed by atoms with van der Waals surface area (Å²) in [5, 5.41) is 19.0. The van der Waals surface area contributed by atoms with Gasteiger partial charge in [0.2, 0.25) is 11.8 Å². The molecule has 1 saturated carbocycles. The highest BCUT2D eigenvalue weighted by Gasteiger charge is 2.34. The Bertz CT molecular complexity index is 1390. The van der Waals surface area contributed by atoms with Crippen LogP contribution >= 0.6 is 0 Å². The van der Waals surface area contributed by atoms with E-state index in [1.165, 1.54) is 0 Å². The van der Waals surface area contributed by atoms with Crippen molar-refractivity contribution in [1.82, 2.24) is 16.0 Å². The second-order valence-corrected chi connectivity index (χ2v) is 16.5. The van der Waals surface area contributed by atoms with Crippen molar-refractivity contribution in [3.8, 4) is 0 Å². The SMILES string of the molecule is CC(C)S(=O)(=O)C[C@H](O)[C@H](CC1CCCCC1)NC(=O)[C@H](Cc1ccccc1)NC(=O)[C@H](Cc1ccccc1)NC(=O)OC(C)(C)C. The van der Waals surface area contributed by atoms with Crippen molar-refractivity contribution in [2.75, 3.05) is 5.75 Å². The Morgan fingerprint density at radius 2 is 1.30 bits per heavy atom. The lowest BCUT2D eigenvalue weighted by atomic mass is 9.83. The van der Waals surface area contributed by atoms with Crippen LogP contribution in [0.25, 0.3) is 0 Å². The maximum Gasteiger partial charge on any atom is 0.408 e. The number of benzene rings is 2. The van der Waals surface area contributed by atoms with E-state index in [2.05, 4.69) is 16.0 Å². The molecule has 1 fully saturated rings. The van der Waals surface area contributed by atoms with E-state index >= 15 is 0 Å². The van der Waals surface area contributed by atoms with Crippen LogP contribution in [0, 0.1) is 5.92 Å². The highest BCUT2D eigenvalue weighted by Crippen LogP contribution is 2.28. The van der Waals surface area contributed by atoms with Crippen molar-refractivity contribution in [3.05, 3.63) is 71.8 Å². The highest BCUT2D eigenvalue weighted by atomic mass is 32.2. The van der Waals surface area contributed by atoms with Gasteiger partial charge >= 0.3 is 6.09 Å². The summed E-state index contributed by atoms with van der Waals surface area (Å²) in [4.78, 5) is 40.7. The number of hydrogen-bond donors (Lipinski definition) is 4. The molecular weight excluding hydrogens is 618 g/mol. The summed E-state index contributed by atoms with van der Waals surface area (Å²) < 4.78 is 31.0. The number of carbonyl (C=O) groups is 3. The minimum Gasteiger partial charge on any atom is -0.444 e. The third kappa shape index (κ3) is 13.3. The van der Waals surface area contributed by atoms with Gasteiger partial charge in [-0.3, -0.25) is 9.59 Å². The molecule has 0 unspecified atom stereocenters. The predicted octanol–water partition coefficient (Wildman–Crippen LogP) is 4.49. The maximum absolute atomic E-state index is 14.0. The monoisotopic (exact) mass is 671 g/mol. The molecule has 260 valence electrons. The van der Waals surface area contributed by atoms with E-state index in [0.29, 0.717) is 6.42 Å². The molecule has 0 spiro atoms.